The predicted octanol–water partition coefficient (Wildman–Crippen LogP) is 2.56. The second-order valence-corrected chi connectivity index (χ2v) is 10.6. The Morgan fingerprint density at radius 2 is 2.00 bits per heavy atom. The first kappa shape index (κ1) is 20.5. The van der Waals surface area contributed by atoms with Gasteiger partial charge in [0.2, 0.25) is 0 Å². The monoisotopic (exact) mass is 420 g/mol. The van der Waals surface area contributed by atoms with Crippen LogP contribution in [0.15, 0.2) is 12.2 Å². The van der Waals surface area contributed by atoms with Crippen molar-refractivity contribution >= 4 is 11.9 Å². The van der Waals surface area contributed by atoms with E-state index in [4.69, 9.17) is 18.9 Å². The van der Waals surface area contributed by atoms with Crippen LogP contribution in [0, 0.1) is 34.0 Å². The van der Waals surface area contributed by atoms with Crippen LogP contribution in [0.5, 0.6) is 0 Å². The zero-order valence-electron chi connectivity index (χ0n) is 18.2. The van der Waals surface area contributed by atoms with E-state index >= 15 is 0 Å². The quantitative estimate of drug-likeness (QED) is 0.542. The van der Waals surface area contributed by atoms with E-state index in [0.717, 1.165) is 24.8 Å². The van der Waals surface area contributed by atoms with E-state index in [0.29, 0.717) is 12.8 Å². The molecular formula is C23H32O7. The molecule has 2 bridgehead atoms. The molecule has 166 valence electrons. The van der Waals surface area contributed by atoms with E-state index in [9.17, 15) is 14.7 Å². The fourth-order valence-electron chi connectivity index (χ4n) is 8.11. The summed E-state index contributed by atoms with van der Waals surface area (Å²) in [6, 6.07) is 0. The van der Waals surface area contributed by atoms with Gasteiger partial charge in [-0.05, 0) is 54.9 Å². The van der Waals surface area contributed by atoms with E-state index in [-0.39, 0.29) is 29.1 Å². The molecule has 3 aliphatic carbocycles. The number of fused-ring (bicyclic) bond motifs is 1. The minimum Gasteiger partial charge on any atom is -0.461 e. The molecule has 2 aliphatic heterocycles. The van der Waals surface area contributed by atoms with Crippen molar-refractivity contribution in [3.05, 3.63) is 12.2 Å². The Balaban J connectivity index is 1.73. The minimum atomic E-state index is -1.00. The van der Waals surface area contributed by atoms with Crippen molar-refractivity contribution in [2.24, 2.45) is 34.0 Å². The average Bonchev–Trinajstić information content (AvgIpc) is 3.09. The summed E-state index contributed by atoms with van der Waals surface area (Å²) < 4.78 is 23.8. The lowest BCUT2D eigenvalue weighted by atomic mass is 9.43. The Bertz CT molecular complexity index is 805. The average molecular weight is 421 g/mol. The second-order valence-electron chi connectivity index (χ2n) is 10.6. The van der Waals surface area contributed by atoms with Crippen molar-refractivity contribution in [3.63, 3.8) is 0 Å². The standard InChI is InChI=1S/C23H32O7/c1-11-13-6-7-14-22(10-13,17(11)28-12(2)24)19(26)29-15-8-9-21(3,4)16-18(25)30-20(27-5)23(14,15)16/h13-18,20,25H,1,6-10H2,2-5H3/t13-,14-,15+,16-,17-,18-,20-,22+,23+/m1/s1. The highest BCUT2D eigenvalue weighted by Gasteiger charge is 2.80. The Labute approximate surface area is 177 Å². The lowest BCUT2D eigenvalue weighted by Crippen LogP contribution is -2.70. The molecule has 2 saturated heterocycles. The summed E-state index contributed by atoms with van der Waals surface area (Å²) in [5, 5.41) is 11.0. The van der Waals surface area contributed by atoms with Gasteiger partial charge < -0.3 is 24.1 Å². The lowest BCUT2D eigenvalue weighted by molar-refractivity contribution is -0.284. The van der Waals surface area contributed by atoms with Gasteiger partial charge >= 0.3 is 11.9 Å². The Morgan fingerprint density at radius 3 is 2.67 bits per heavy atom. The van der Waals surface area contributed by atoms with Gasteiger partial charge in [0.1, 0.15) is 17.6 Å². The maximum atomic E-state index is 13.6. The predicted molar refractivity (Wildman–Crippen MR) is 105 cm³/mol. The van der Waals surface area contributed by atoms with Crippen LogP contribution in [0.4, 0.5) is 0 Å². The Hall–Kier alpha value is -1.44. The molecule has 2 spiro atoms. The molecule has 0 unspecified atom stereocenters. The van der Waals surface area contributed by atoms with Gasteiger partial charge in [0.25, 0.3) is 0 Å². The first-order valence-electron chi connectivity index (χ1n) is 11.0. The van der Waals surface area contributed by atoms with Crippen LogP contribution in [0.2, 0.25) is 0 Å². The number of hydrogen-bond donors (Lipinski definition) is 1. The molecule has 5 aliphatic rings. The molecule has 5 rings (SSSR count). The summed E-state index contributed by atoms with van der Waals surface area (Å²) in [5.41, 5.74) is -1.12. The summed E-state index contributed by atoms with van der Waals surface area (Å²) in [5.74, 6) is -1.06. The zero-order valence-corrected chi connectivity index (χ0v) is 18.2. The maximum Gasteiger partial charge on any atom is 0.316 e. The first-order chi connectivity index (χ1) is 14.1. The molecular weight excluding hydrogens is 388 g/mol. The molecule has 3 saturated carbocycles. The highest BCUT2D eigenvalue weighted by atomic mass is 16.7. The number of aliphatic hydroxyl groups is 1. The van der Waals surface area contributed by atoms with E-state index in [1.54, 1.807) is 7.11 Å². The van der Waals surface area contributed by atoms with Crippen LogP contribution >= 0.6 is 0 Å². The summed E-state index contributed by atoms with van der Waals surface area (Å²) in [4.78, 5) is 25.6. The van der Waals surface area contributed by atoms with Gasteiger partial charge in [0.15, 0.2) is 12.6 Å². The van der Waals surface area contributed by atoms with Crippen LogP contribution in [0.1, 0.15) is 52.9 Å². The number of rotatable bonds is 2. The number of hydrogen-bond acceptors (Lipinski definition) is 7. The van der Waals surface area contributed by atoms with E-state index in [1.165, 1.54) is 6.92 Å². The van der Waals surface area contributed by atoms with E-state index in [2.05, 4.69) is 20.4 Å². The fraction of sp³-hybridized carbons (Fsp3) is 0.826. The maximum absolute atomic E-state index is 13.6. The smallest absolute Gasteiger partial charge is 0.316 e. The number of carbonyl (C=O) groups excluding carboxylic acids is 2. The molecule has 0 aromatic carbocycles. The molecule has 1 N–H and O–H groups in total. The number of esters is 2. The topological polar surface area (TPSA) is 91.3 Å². The van der Waals surface area contributed by atoms with Gasteiger partial charge in [-0.2, -0.15) is 0 Å². The molecule has 30 heavy (non-hydrogen) atoms. The molecule has 7 heteroatoms. The molecule has 0 aromatic heterocycles. The van der Waals surface area contributed by atoms with E-state index < -0.39 is 41.6 Å². The van der Waals surface area contributed by atoms with Crippen LogP contribution in [-0.2, 0) is 28.5 Å². The van der Waals surface area contributed by atoms with Crippen molar-refractivity contribution in [1.29, 1.82) is 0 Å². The van der Waals surface area contributed by atoms with Gasteiger partial charge in [-0.25, -0.2) is 0 Å². The minimum absolute atomic E-state index is 0.120. The summed E-state index contributed by atoms with van der Waals surface area (Å²) in [6.45, 7) is 9.88. The van der Waals surface area contributed by atoms with Crippen LogP contribution < -0.4 is 0 Å². The number of carbonyl (C=O) groups is 2. The molecule has 0 amide bonds. The zero-order chi connectivity index (χ0) is 21.6. The summed E-state index contributed by atoms with van der Waals surface area (Å²) in [7, 11) is 1.58. The molecule has 5 fully saturated rings. The number of aliphatic hydroxyl groups excluding tert-OH is 1. The van der Waals surface area contributed by atoms with Gasteiger partial charge in [-0.15, -0.1) is 0 Å². The molecule has 7 nitrogen and oxygen atoms in total. The van der Waals surface area contributed by atoms with Crippen molar-refractivity contribution in [2.75, 3.05) is 7.11 Å². The second kappa shape index (κ2) is 6.30. The van der Waals surface area contributed by atoms with Crippen molar-refractivity contribution in [1.82, 2.24) is 0 Å². The van der Waals surface area contributed by atoms with E-state index in [1.807, 2.05) is 0 Å². The lowest BCUT2D eigenvalue weighted by Gasteiger charge is -2.63. The van der Waals surface area contributed by atoms with Gasteiger partial charge in [-0.3, -0.25) is 9.59 Å². The summed E-state index contributed by atoms with van der Waals surface area (Å²) >= 11 is 0. The first-order valence-corrected chi connectivity index (χ1v) is 11.0. The summed E-state index contributed by atoms with van der Waals surface area (Å²) in [6.07, 6.45) is 0.885. The third-order valence-electron chi connectivity index (χ3n) is 9.02. The Morgan fingerprint density at radius 1 is 1.27 bits per heavy atom. The third-order valence-corrected chi connectivity index (χ3v) is 9.02. The highest BCUT2D eigenvalue weighted by molar-refractivity contribution is 5.82. The molecule has 0 radical (unpaired) electrons. The Kier molecular flexibility index (Phi) is 4.30. The molecule has 2 heterocycles. The van der Waals surface area contributed by atoms with Gasteiger partial charge in [0, 0.05) is 20.0 Å². The SMILES string of the molecule is C=C1[C@@H]2CC[C@@H]3[C@](C2)(C(=O)O[C@H]2CCC(C)(C)[C@H]4[C@H](O)O[C@@H](OC)[C@@]243)[C@@H]1OC(C)=O. The van der Waals surface area contributed by atoms with Gasteiger partial charge in [-0.1, -0.05) is 20.4 Å². The number of ether oxygens (including phenoxy) is 4. The van der Waals surface area contributed by atoms with Crippen molar-refractivity contribution in [3.8, 4) is 0 Å². The molecule has 0 aromatic rings. The normalized spacial score (nSPS) is 50.9. The molecule has 9 atom stereocenters. The van der Waals surface area contributed by atoms with Crippen molar-refractivity contribution in [2.45, 2.75) is 77.7 Å². The van der Waals surface area contributed by atoms with Crippen LogP contribution in [0.25, 0.3) is 0 Å². The number of methoxy groups -OCH3 is 1. The fourth-order valence-corrected chi connectivity index (χ4v) is 8.11. The largest absolute Gasteiger partial charge is 0.461 e. The van der Waals surface area contributed by atoms with Gasteiger partial charge in [0.05, 0.1) is 5.41 Å². The van der Waals surface area contributed by atoms with Crippen LogP contribution in [0.3, 0.4) is 0 Å². The highest BCUT2D eigenvalue weighted by Crippen LogP contribution is 2.73. The van der Waals surface area contributed by atoms with Crippen LogP contribution in [-0.4, -0.2) is 48.9 Å². The van der Waals surface area contributed by atoms with Crippen molar-refractivity contribution < 1.29 is 33.6 Å². The third kappa shape index (κ3) is 2.21.